The fraction of sp³-hybridized carbons (Fsp3) is 0.415. The lowest BCUT2D eigenvalue weighted by atomic mass is 10.0. The number of benzene rings is 2. The average Bonchev–Trinajstić information content (AvgIpc) is 3.82. The van der Waals surface area contributed by atoms with Crippen molar-refractivity contribution in [3.8, 4) is 16.9 Å². The predicted molar refractivity (Wildman–Crippen MR) is 209 cm³/mol. The zero-order valence-electron chi connectivity index (χ0n) is 31.2. The van der Waals surface area contributed by atoms with Gasteiger partial charge in [-0.15, -0.1) is 0 Å². The maximum absolute atomic E-state index is 13.5. The van der Waals surface area contributed by atoms with Crippen LogP contribution < -0.4 is 15.0 Å². The van der Waals surface area contributed by atoms with E-state index in [2.05, 4.69) is 29.0 Å². The molecule has 0 aliphatic carbocycles. The monoisotopic (exact) mass is 741 g/mol. The number of pyridine rings is 1. The van der Waals surface area contributed by atoms with E-state index in [1.807, 2.05) is 47.2 Å². The minimum absolute atomic E-state index is 0.196. The van der Waals surface area contributed by atoms with Crippen molar-refractivity contribution in [2.75, 3.05) is 49.7 Å². The first-order valence-corrected chi connectivity index (χ1v) is 19.7. The molecule has 1 saturated heterocycles. The van der Waals surface area contributed by atoms with Crippen LogP contribution in [0.1, 0.15) is 64.6 Å². The number of carbonyl (C=O) groups is 2. The Morgan fingerprint density at radius 3 is 2.51 bits per heavy atom. The number of nitrogens with one attached hydrogen (secondary N) is 1. The Bertz CT molecular complexity index is 1860. The first-order valence-electron chi connectivity index (χ1n) is 18.4. The predicted octanol–water partition coefficient (Wildman–Crippen LogP) is 7.29. The summed E-state index contributed by atoms with van der Waals surface area (Å²) in [5.41, 5.74) is 4.71. The maximum atomic E-state index is 13.5. The van der Waals surface area contributed by atoms with Crippen molar-refractivity contribution in [2.45, 2.75) is 70.6 Å². The van der Waals surface area contributed by atoms with Gasteiger partial charge in [-0.25, -0.2) is 9.97 Å². The first-order chi connectivity index (χ1) is 25.7. The molecule has 2 aromatic carbocycles. The van der Waals surface area contributed by atoms with E-state index in [4.69, 9.17) is 19.2 Å². The van der Waals surface area contributed by atoms with E-state index in [-0.39, 0.29) is 17.8 Å². The lowest BCUT2D eigenvalue weighted by molar-refractivity contribution is -0.142. The SMILES string of the molecule is CCCCOCCOc1ccc(-c2cnc(N3CCC(COC(C)=O)C3)c(C=C(C)C(=O)Nc3ccc([S@@](=O)Cc4cncn4CCC)cc3)c2)cc1. The Morgan fingerprint density at radius 1 is 0.981 bits per heavy atom. The van der Waals surface area contributed by atoms with Crippen LogP contribution in [-0.2, 0) is 42.2 Å². The highest BCUT2D eigenvalue weighted by Crippen LogP contribution is 2.31. The molecule has 282 valence electrons. The molecule has 12 heteroatoms. The summed E-state index contributed by atoms with van der Waals surface area (Å²) in [6, 6.07) is 17.0. The van der Waals surface area contributed by atoms with E-state index in [9.17, 15) is 13.8 Å². The van der Waals surface area contributed by atoms with Crippen LogP contribution in [0.25, 0.3) is 17.2 Å². The molecule has 53 heavy (non-hydrogen) atoms. The summed E-state index contributed by atoms with van der Waals surface area (Å²) in [6.07, 6.45) is 11.2. The van der Waals surface area contributed by atoms with Crippen LogP contribution in [0.2, 0.25) is 0 Å². The largest absolute Gasteiger partial charge is 0.491 e. The zero-order chi connectivity index (χ0) is 37.6. The Hall–Kier alpha value is -4.81. The molecule has 2 aromatic heterocycles. The summed E-state index contributed by atoms with van der Waals surface area (Å²) >= 11 is 0. The Balaban J connectivity index is 1.29. The molecule has 2 atom stereocenters. The third-order valence-corrected chi connectivity index (χ3v) is 10.3. The number of carbonyl (C=O) groups excluding carboxylic acids is 2. The van der Waals surface area contributed by atoms with Gasteiger partial charge in [0.25, 0.3) is 5.91 Å². The van der Waals surface area contributed by atoms with Crippen LogP contribution in [0.15, 0.2) is 83.8 Å². The smallest absolute Gasteiger partial charge is 0.302 e. The van der Waals surface area contributed by atoms with Crippen molar-refractivity contribution in [2.24, 2.45) is 5.92 Å². The van der Waals surface area contributed by atoms with E-state index >= 15 is 0 Å². The van der Waals surface area contributed by atoms with Crippen LogP contribution in [0.4, 0.5) is 11.5 Å². The number of hydrogen-bond donors (Lipinski definition) is 1. The molecule has 0 radical (unpaired) electrons. The van der Waals surface area contributed by atoms with Gasteiger partial charge in [0.1, 0.15) is 18.2 Å². The van der Waals surface area contributed by atoms with Crippen molar-refractivity contribution in [1.82, 2.24) is 14.5 Å². The number of aromatic nitrogens is 3. The number of imidazole rings is 1. The fourth-order valence-electron chi connectivity index (χ4n) is 6.06. The molecule has 1 N–H and O–H groups in total. The summed E-state index contributed by atoms with van der Waals surface area (Å²) < 4.78 is 31.9. The molecule has 11 nitrogen and oxygen atoms in total. The normalized spacial score (nSPS) is 15.0. The second-order valence-electron chi connectivity index (χ2n) is 13.3. The quantitative estimate of drug-likeness (QED) is 0.0600. The molecule has 1 aliphatic heterocycles. The molecule has 3 heterocycles. The van der Waals surface area contributed by atoms with Crippen LogP contribution >= 0.6 is 0 Å². The van der Waals surface area contributed by atoms with Gasteiger partial charge in [0.15, 0.2) is 0 Å². The molecule has 1 aliphatic rings. The van der Waals surface area contributed by atoms with E-state index in [0.717, 1.165) is 79.3 Å². The number of rotatable bonds is 19. The van der Waals surface area contributed by atoms with Gasteiger partial charge in [-0.3, -0.25) is 13.8 Å². The van der Waals surface area contributed by atoms with Crippen LogP contribution in [0, 0.1) is 5.92 Å². The van der Waals surface area contributed by atoms with Gasteiger partial charge >= 0.3 is 5.97 Å². The van der Waals surface area contributed by atoms with E-state index < -0.39 is 10.8 Å². The van der Waals surface area contributed by atoms with Crippen LogP contribution in [0.3, 0.4) is 0 Å². The summed E-state index contributed by atoms with van der Waals surface area (Å²) in [6.45, 7) is 11.9. The highest BCUT2D eigenvalue weighted by Gasteiger charge is 2.26. The van der Waals surface area contributed by atoms with Gasteiger partial charge in [-0.1, -0.05) is 32.4 Å². The standard InChI is InChI=1S/C41H51N5O6S/c1-5-7-19-50-20-21-51-38-12-8-33(9-13-38)35-23-34(40(43-24-35)45-18-16-32(26-45)27-52-31(4)47)22-30(3)41(48)44-36-10-14-39(15-11-36)53(49)28-37-25-42-29-46(37)17-6-2/h8-15,22-25,29,32H,5-7,16-21,26-28H2,1-4H3,(H,44,48)/t32?,53-/m0/s1. The number of hydrogen-bond acceptors (Lipinski definition) is 9. The second kappa shape index (κ2) is 19.9. The number of nitrogens with zero attached hydrogens (tertiary/aromatic N) is 4. The minimum Gasteiger partial charge on any atom is -0.491 e. The number of esters is 1. The van der Waals surface area contributed by atoms with Gasteiger partial charge in [0.2, 0.25) is 0 Å². The lowest BCUT2D eigenvalue weighted by Gasteiger charge is -2.21. The second-order valence-corrected chi connectivity index (χ2v) is 14.7. The molecule has 0 saturated carbocycles. The lowest BCUT2D eigenvalue weighted by Crippen LogP contribution is -2.23. The van der Waals surface area contributed by atoms with Gasteiger partial charge in [0, 0.05) is 78.8 Å². The summed E-state index contributed by atoms with van der Waals surface area (Å²) in [7, 11) is -1.25. The molecule has 0 spiro atoms. The number of ether oxygens (including phenoxy) is 3. The van der Waals surface area contributed by atoms with Gasteiger partial charge in [-0.05, 0) is 80.3 Å². The van der Waals surface area contributed by atoms with Gasteiger partial charge in [-0.2, -0.15) is 0 Å². The molecule has 1 fully saturated rings. The highest BCUT2D eigenvalue weighted by atomic mass is 32.2. The van der Waals surface area contributed by atoms with Gasteiger partial charge in [0.05, 0.1) is 41.8 Å². The Labute approximate surface area is 315 Å². The highest BCUT2D eigenvalue weighted by molar-refractivity contribution is 7.84. The van der Waals surface area contributed by atoms with Crippen LogP contribution in [0.5, 0.6) is 5.75 Å². The molecule has 4 aromatic rings. The number of amides is 1. The summed E-state index contributed by atoms with van der Waals surface area (Å²) in [5.74, 6) is 1.55. The molecular weight excluding hydrogens is 691 g/mol. The zero-order valence-corrected chi connectivity index (χ0v) is 32.0. The number of unbranched alkanes of at least 4 members (excludes halogenated alkanes) is 1. The summed E-state index contributed by atoms with van der Waals surface area (Å²) in [5, 5.41) is 2.98. The van der Waals surface area contributed by atoms with Crippen molar-refractivity contribution < 1.29 is 28.0 Å². The topological polar surface area (TPSA) is 125 Å². The van der Waals surface area contributed by atoms with Crippen molar-refractivity contribution in [1.29, 1.82) is 0 Å². The van der Waals surface area contributed by atoms with E-state index in [0.29, 0.717) is 48.3 Å². The third kappa shape index (κ3) is 11.6. The van der Waals surface area contributed by atoms with Crippen molar-refractivity contribution in [3.63, 3.8) is 0 Å². The van der Waals surface area contributed by atoms with Crippen molar-refractivity contribution in [3.05, 3.63) is 90.1 Å². The number of aryl methyl sites for hydroxylation is 1. The van der Waals surface area contributed by atoms with Gasteiger partial charge < -0.3 is 29.0 Å². The molecule has 5 rings (SSSR count). The first kappa shape index (κ1) is 39.4. The Kier molecular flexibility index (Phi) is 14.8. The van der Waals surface area contributed by atoms with E-state index in [1.54, 1.807) is 43.7 Å². The van der Waals surface area contributed by atoms with Crippen molar-refractivity contribution >= 4 is 40.3 Å². The Morgan fingerprint density at radius 2 is 1.77 bits per heavy atom. The maximum Gasteiger partial charge on any atom is 0.302 e. The molecule has 0 bridgehead atoms. The average molecular weight is 742 g/mol. The summed E-state index contributed by atoms with van der Waals surface area (Å²) in [4.78, 5) is 36.9. The van der Waals surface area contributed by atoms with E-state index in [1.165, 1.54) is 6.92 Å². The van der Waals surface area contributed by atoms with Crippen LogP contribution in [-0.4, -0.2) is 70.1 Å². The third-order valence-electron chi connectivity index (χ3n) is 8.98. The number of anilines is 2. The molecule has 1 unspecified atom stereocenters. The minimum atomic E-state index is -1.25. The fourth-order valence-corrected chi connectivity index (χ4v) is 7.17. The molecular formula is C41H51N5O6S. The molecule has 1 amide bonds.